The Morgan fingerprint density at radius 1 is 0.968 bits per heavy atom. The van der Waals surface area contributed by atoms with E-state index in [9.17, 15) is 4.79 Å². The molecule has 9 nitrogen and oxygen atoms in total. The predicted octanol–water partition coefficient (Wildman–Crippen LogP) is 2.03. The first-order chi connectivity index (χ1) is 15.2. The molecule has 31 heavy (non-hydrogen) atoms. The smallest absolute Gasteiger partial charge is 0.231 e. The number of carbonyl (C=O) groups is 1. The Hall–Kier alpha value is -3.85. The van der Waals surface area contributed by atoms with Gasteiger partial charge in [0, 0.05) is 62.8 Å². The van der Waals surface area contributed by atoms with Crippen LogP contribution < -0.4 is 10.3 Å². The average molecular weight is 414 g/mol. The molecule has 4 aromatic rings. The molecule has 0 bridgehead atoms. The van der Waals surface area contributed by atoms with Gasteiger partial charge in [0.2, 0.25) is 5.91 Å². The summed E-state index contributed by atoms with van der Waals surface area (Å²) in [6.45, 7) is 4.59. The van der Waals surface area contributed by atoms with E-state index in [1.807, 2.05) is 52.2 Å². The van der Waals surface area contributed by atoms with E-state index >= 15 is 0 Å². The molecular weight excluding hydrogens is 392 g/mol. The summed E-state index contributed by atoms with van der Waals surface area (Å²) in [6, 6.07) is 11.8. The highest BCUT2D eigenvalue weighted by atomic mass is 16.2. The monoisotopic (exact) mass is 414 g/mol. The Labute approximate surface area is 179 Å². The molecule has 0 spiro atoms. The van der Waals surface area contributed by atoms with Gasteiger partial charge in [0.1, 0.15) is 5.82 Å². The van der Waals surface area contributed by atoms with Crippen LogP contribution in [0.4, 0.5) is 5.82 Å². The fourth-order valence-electron chi connectivity index (χ4n) is 3.76. The third-order valence-corrected chi connectivity index (χ3v) is 5.28. The van der Waals surface area contributed by atoms with Crippen molar-refractivity contribution < 1.29 is 4.79 Å². The fraction of sp³-hybridized carbons (Fsp3) is 0.227. The summed E-state index contributed by atoms with van der Waals surface area (Å²) in [5, 5.41) is 6.74. The minimum Gasteiger partial charge on any atom is -0.354 e. The van der Waals surface area contributed by atoms with Crippen molar-refractivity contribution in [1.29, 1.82) is 0 Å². The molecular formula is C22H22N8O. The van der Waals surface area contributed by atoms with Gasteiger partial charge in [0.15, 0.2) is 5.65 Å². The van der Waals surface area contributed by atoms with Crippen LogP contribution in [-0.2, 0) is 4.79 Å². The molecule has 0 atom stereocenters. The molecule has 1 amide bonds. The van der Waals surface area contributed by atoms with Crippen LogP contribution in [0.15, 0.2) is 61.2 Å². The van der Waals surface area contributed by atoms with Crippen molar-refractivity contribution in [2.45, 2.75) is 6.92 Å². The molecule has 9 heteroatoms. The van der Waals surface area contributed by atoms with Crippen molar-refractivity contribution in [3.63, 3.8) is 0 Å². The molecule has 0 aliphatic carbocycles. The lowest BCUT2D eigenvalue weighted by atomic mass is 10.2. The second kappa shape index (κ2) is 8.11. The van der Waals surface area contributed by atoms with Crippen molar-refractivity contribution in [2.24, 2.45) is 0 Å². The van der Waals surface area contributed by atoms with Gasteiger partial charge in [0.05, 0.1) is 17.6 Å². The lowest BCUT2D eigenvalue weighted by molar-refractivity contribution is -0.123. The second-order valence-corrected chi connectivity index (χ2v) is 7.42. The maximum absolute atomic E-state index is 11.3. The first-order valence-electron chi connectivity index (χ1n) is 10.2. The van der Waals surface area contributed by atoms with E-state index < -0.39 is 0 Å². The number of rotatable bonds is 4. The quantitative estimate of drug-likeness (QED) is 0.546. The Balaban J connectivity index is 1.43. The minimum absolute atomic E-state index is 0.0423. The van der Waals surface area contributed by atoms with Gasteiger partial charge in [-0.25, -0.2) is 19.5 Å². The molecule has 1 aliphatic heterocycles. The highest BCUT2D eigenvalue weighted by Crippen LogP contribution is 2.25. The number of hydrogen-bond donors (Lipinski definition) is 1. The topological polar surface area (TPSA) is 91.5 Å². The van der Waals surface area contributed by atoms with Crippen LogP contribution in [0.25, 0.3) is 28.2 Å². The van der Waals surface area contributed by atoms with Crippen LogP contribution in [0.1, 0.15) is 6.92 Å². The summed E-state index contributed by atoms with van der Waals surface area (Å²) in [5.41, 5.74) is 7.32. The lowest BCUT2D eigenvalue weighted by Gasteiger charge is -2.35. The highest BCUT2D eigenvalue weighted by Gasteiger charge is 2.19. The Kier molecular flexibility index (Phi) is 5.01. The van der Waals surface area contributed by atoms with Crippen LogP contribution in [0.5, 0.6) is 0 Å². The molecule has 1 saturated heterocycles. The molecule has 156 valence electrons. The number of hydrogen-bond acceptors (Lipinski definition) is 7. The molecule has 0 radical (unpaired) electrons. The third kappa shape index (κ3) is 3.95. The number of amides is 1. The van der Waals surface area contributed by atoms with Gasteiger partial charge >= 0.3 is 0 Å². The first kappa shape index (κ1) is 19.1. The number of anilines is 1. The number of pyridine rings is 2. The van der Waals surface area contributed by atoms with Gasteiger partial charge in [-0.1, -0.05) is 0 Å². The van der Waals surface area contributed by atoms with Crippen LogP contribution >= 0.6 is 0 Å². The number of nitrogens with one attached hydrogen (secondary N) is 1. The molecule has 5 rings (SSSR count). The van der Waals surface area contributed by atoms with Crippen molar-refractivity contribution >= 4 is 17.4 Å². The zero-order valence-corrected chi connectivity index (χ0v) is 17.1. The maximum atomic E-state index is 11.3. The molecule has 1 aliphatic rings. The normalized spacial score (nSPS) is 14.7. The van der Waals surface area contributed by atoms with Crippen molar-refractivity contribution in [1.82, 2.24) is 35.0 Å². The Bertz CT molecular complexity index is 1210. The van der Waals surface area contributed by atoms with Gasteiger partial charge in [-0.05, 0) is 36.4 Å². The summed E-state index contributed by atoms with van der Waals surface area (Å²) >= 11 is 0. The highest BCUT2D eigenvalue weighted by molar-refractivity contribution is 5.72. The predicted molar refractivity (Wildman–Crippen MR) is 117 cm³/mol. The van der Waals surface area contributed by atoms with Gasteiger partial charge in [0.25, 0.3) is 0 Å². The standard InChI is InChI=1S/C22H22N8O/c1-16(31)26-29-11-9-28(10-12-29)22-13-17(6-8-24-22)20-15-25-21-5-4-19(27-30(20)21)18-3-2-7-23-14-18/h2-8,13-15H,9-12H2,1H3,(H,26,31). The Morgan fingerprint density at radius 2 is 1.84 bits per heavy atom. The molecule has 1 fully saturated rings. The molecule has 1 N–H and O–H groups in total. The first-order valence-corrected chi connectivity index (χ1v) is 10.2. The fourth-order valence-corrected chi connectivity index (χ4v) is 3.76. The van der Waals surface area contributed by atoms with E-state index in [4.69, 9.17) is 5.10 Å². The molecule has 0 aromatic carbocycles. The van der Waals surface area contributed by atoms with Crippen LogP contribution in [0.2, 0.25) is 0 Å². The van der Waals surface area contributed by atoms with Gasteiger partial charge in [-0.15, -0.1) is 0 Å². The SMILES string of the molecule is CC(=O)NN1CCN(c2cc(-c3cnc4ccc(-c5cccnc5)nn34)ccn2)CC1. The van der Waals surface area contributed by atoms with E-state index in [2.05, 4.69) is 31.3 Å². The van der Waals surface area contributed by atoms with Crippen LogP contribution in [0.3, 0.4) is 0 Å². The molecule has 5 heterocycles. The summed E-state index contributed by atoms with van der Waals surface area (Å²) in [4.78, 5) is 26.8. The lowest BCUT2D eigenvalue weighted by Crippen LogP contribution is -2.53. The van der Waals surface area contributed by atoms with E-state index in [0.29, 0.717) is 0 Å². The van der Waals surface area contributed by atoms with Crippen LogP contribution in [0, 0.1) is 0 Å². The number of imidazole rings is 1. The maximum Gasteiger partial charge on any atom is 0.231 e. The Morgan fingerprint density at radius 3 is 2.61 bits per heavy atom. The zero-order valence-electron chi connectivity index (χ0n) is 17.1. The van der Waals surface area contributed by atoms with E-state index in [1.165, 1.54) is 6.92 Å². The van der Waals surface area contributed by atoms with Gasteiger partial charge in [-0.3, -0.25) is 15.2 Å². The average Bonchev–Trinajstić information content (AvgIpc) is 3.23. The van der Waals surface area contributed by atoms with Gasteiger partial charge in [-0.2, -0.15) is 5.10 Å². The third-order valence-electron chi connectivity index (χ3n) is 5.28. The largest absolute Gasteiger partial charge is 0.354 e. The number of hydrazine groups is 1. The minimum atomic E-state index is -0.0423. The molecule has 0 unspecified atom stereocenters. The summed E-state index contributed by atoms with van der Waals surface area (Å²) < 4.78 is 1.86. The number of piperazine rings is 1. The van der Waals surface area contributed by atoms with Crippen molar-refractivity contribution in [3.05, 3.63) is 61.2 Å². The number of fused-ring (bicyclic) bond motifs is 1. The number of aromatic nitrogens is 5. The van der Waals surface area contributed by atoms with E-state index in [-0.39, 0.29) is 5.91 Å². The zero-order chi connectivity index (χ0) is 21.2. The number of nitrogens with zero attached hydrogens (tertiary/aromatic N) is 7. The van der Waals surface area contributed by atoms with Crippen molar-refractivity contribution in [3.8, 4) is 22.5 Å². The summed E-state index contributed by atoms with van der Waals surface area (Å²) in [7, 11) is 0. The summed E-state index contributed by atoms with van der Waals surface area (Å²) in [6.07, 6.45) is 7.20. The van der Waals surface area contributed by atoms with Gasteiger partial charge < -0.3 is 4.90 Å². The van der Waals surface area contributed by atoms with E-state index in [0.717, 1.165) is 60.2 Å². The molecule has 4 aromatic heterocycles. The van der Waals surface area contributed by atoms with Crippen molar-refractivity contribution in [2.75, 3.05) is 31.1 Å². The van der Waals surface area contributed by atoms with E-state index in [1.54, 1.807) is 12.4 Å². The summed E-state index contributed by atoms with van der Waals surface area (Å²) in [5.74, 6) is 0.859. The molecule has 0 saturated carbocycles. The second-order valence-electron chi connectivity index (χ2n) is 7.42. The number of carbonyl (C=O) groups excluding carboxylic acids is 1. The van der Waals surface area contributed by atoms with Crippen LogP contribution in [-0.4, -0.2) is 61.7 Å².